The van der Waals surface area contributed by atoms with Gasteiger partial charge in [0.25, 0.3) is 11.8 Å². The number of anilines is 2. The Kier molecular flexibility index (Phi) is 5.06. The van der Waals surface area contributed by atoms with Crippen LogP contribution in [0.15, 0.2) is 66.7 Å². The van der Waals surface area contributed by atoms with Gasteiger partial charge in [-0.25, -0.2) is 0 Å². The van der Waals surface area contributed by atoms with Crippen molar-refractivity contribution in [3.8, 4) is 0 Å². The van der Waals surface area contributed by atoms with E-state index in [0.29, 0.717) is 27.2 Å². The number of aryl methyl sites for hydroxylation is 2. The number of nitrogens with one attached hydrogen (secondary N) is 1. The summed E-state index contributed by atoms with van der Waals surface area (Å²) in [5, 5.41) is 4.04. The van der Waals surface area contributed by atoms with Crippen LogP contribution in [-0.4, -0.2) is 16.4 Å². The molecule has 3 N–H and O–H groups in total. The Morgan fingerprint density at radius 2 is 1.63 bits per heavy atom. The molecular weight excluding hydrogens is 398 g/mol. The predicted octanol–water partition coefficient (Wildman–Crippen LogP) is 5.43. The first kappa shape index (κ1) is 19.7. The summed E-state index contributed by atoms with van der Waals surface area (Å²) in [6.07, 6.45) is 0. The van der Waals surface area contributed by atoms with Crippen molar-refractivity contribution in [1.82, 2.24) is 4.57 Å². The van der Waals surface area contributed by atoms with Crippen molar-refractivity contribution in [1.29, 1.82) is 0 Å². The van der Waals surface area contributed by atoms with Crippen molar-refractivity contribution in [2.24, 2.45) is 0 Å². The summed E-state index contributed by atoms with van der Waals surface area (Å²) < 4.78 is 1.37. The van der Waals surface area contributed by atoms with Crippen LogP contribution < -0.4 is 11.1 Å². The Bertz CT molecular complexity index is 1290. The molecule has 0 saturated carbocycles. The lowest BCUT2D eigenvalue weighted by Gasteiger charge is -2.09. The fourth-order valence-corrected chi connectivity index (χ4v) is 3.58. The van der Waals surface area contributed by atoms with Gasteiger partial charge in [-0.05, 0) is 67.4 Å². The Balaban J connectivity index is 1.80. The van der Waals surface area contributed by atoms with Crippen LogP contribution in [0.5, 0.6) is 0 Å². The second-order valence-corrected chi connectivity index (χ2v) is 7.61. The molecule has 0 bridgehead atoms. The van der Waals surface area contributed by atoms with Gasteiger partial charge in [-0.3, -0.25) is 14.2 Å². The summed E-state index contributed by atoms with van der Waals surface area (Å²) >= 11 is 5.94. The van der Waals surface area contributed by atoms with Gasteiger partial charge in [0.15, 0.2) is 0 Å². The monoisotopic (exact) mass is 417 g/mol. The van der Waals surface area contributed by atoms with Gasteiger partial charge < -0.3 is 11.1 Å². The lowest BCUT2D eigenvalue weighted by atomic mass is 10.1. The van der Waals surface area contributed by atoms with E-state index in [1.807, 2.05) is 38.1 Å². The molecule has 1 amide bonds. The maximum atomic E-state index is 13.2. The molecule has 4 aromatic rings. The van der Waals surface area contributed by atoms with Gasteiger partial charge in [-0.2, -0.15) is 0 Å². The topological polar surface area (TPSA) is 77.1 Å². The highest BCUT2D eigenvalue weighted by Gasteiger charge is 2.24. The second-order valence-electron chi connectivity index (χ2n) is 7.18. The molecule has 0 fully saturated rings. The third-order valence-corrected chi connectivity index (χ3v) is 5.45. The van der Waals surface area contributed by atoms with Gasteiger partial charge in [0.2, 0.25) is 0 Å². The van der Waals surface area contributed by atoms with Crippen molar-refractivity contribution >= 4 is 45.8 Å². The molecule has 0 aliphatic rings. The molecule has 0 unspecified atom stereocenters. The highest BCUT2D eigenvalue weighted by atomic mass is 35.5. The molecule has 1 heterocycles. The largest absolute Gasteiger partial charge is 0.384 e. The van der Waals surface area contributed by atoms with E-state index in [1.54, 1.807) is 42.5 Å². The first-order valence-electron chi connectivity index (χ1n) is 9.44. The average molecular weight is 418 g/mol. The van der Waals surface area contributed by atoms with Crippen LogP contribution in [0.1, 0.15) is 31.8 Å². The molecule has 0 saturated heterocycles. The Morgan fingerprint density at radius 1 is 0.933 bits per heavy atom. The van der Waals surface area contributed by atoms with E-state index in [1.165, 1.54) is 4.57 Å². The molecular formula is C24H20ClN3O2. The van der Waals surface area contributed by atoms with Gasteiger partial charge in [0.05, 0.1) is 11.1 Å². The zero-order valence-corrected chi connectivity index (χ0v) is 17.3. The zero-order chi connectivity index (χ0) is 21.4. The number of amides is 1. The molecule has 3 aromatic carbocycles. The zero-order valence-electron chi connectivity index (χ0n) is 16.6. The van der Waals surface area contributed by atoms with Crippen molar-refractivity contribution in [2.75, 3.05) is 11.1 Å². The number of carbonyl (C=O) groups is 2. The van der Waals surface area contributed by atoms with E-state index in [4.69, 9.17) is 17.3 Å². The minimum Gasteiger partial charge on any atom is -0.384 e. The summed E-state index contributed by atoms with van der Waals surface area (Å²) in [7, 11) is 0. The first-order chi connectivity index (χ1) is 14.4. The average Bonchev–Trinajstić information content (AvgIpc) is 3.02. The van der Waals surface area contributed by atoms with Crippen molar-refractivity contribution in [2.45, 2.75) is 13.8 Å². The quantitative estimate of drug-likeness (QED) is 0.466. The van der Waals surface area contributed by atoms with E-state index < -0.39 is 0 Å². The number of hydrogen-bond donors (Lipinski definition) is 2. The van der Waals surface area contributed by atoms with Gasteiger partial charge in [0.1, 0.15) is 5.82 Å². The van der Waals surface area contributed by atoms with E-state index in [-0.39, 0.29) is 23.2 Å². The Hall–Kier alpha value is -3.57. The van der Waals surface area contributed by atoms with Crippen molar-refractivity contribution < 1.29 is 9.59 Å². The Labute approximate surface area is 179 Å². The fourth-order valence-electron chi connectivity index (χ4n) is 3.45. The van der Waals surface area contributed by atoms with Crippen LogP contribution in [0.3, 0.4) is 0 Å². The first-order valence-corrected chi connectivity index (χ1v) is 9.82. The van der Waals surface area contributed by atoms with Gasteiger partial charge in [-0.1, -0.05) is 35.9 Å². The molecule has 0 aliphatic heterocycles. The number of rotatable bonds is 3. The number of hydrogen-bond acceptors (Lipinski definition) is 3. The van der Waals surface area contributed by atoms with Crippen LogP contribution in [-0.2, 0) is 0 Å². The second kappa shape index (κ2) is 7.69. The number of nitrogen functional groups attached to an aromatic ring is 1. The number of nitrogens with zero attached hydrogens (tertiary/aromatic N) is 1. The molecule has 1 aromatic heterocycles. The van der Waals surface area contributed by atoms with Crippen LogP contribution in [0.4, 0.5) is 11.5 Å². The summed E-state index contributed by atoms with van der Waals surface area (Å²) in [5.74, 6) is -0.599. The molecule has 0 spiro atoms. The van der Waals surface area contributed by atoms with Crippen molar-refractivity contribution in [3.63, 3.8) is 0 Å². The maximum Gasteiger partial charge on any atom is 0.263 e. The summed E-state index contributed by atoms with van der Waals surface area (Å²) in [4.78, 5) is 26.3. The normalized spacial score (nSPS) is 10.9. The third kappa shape index (κ3) is 3.44. The highest BCUT2D eigenvalue weighted by Crippen LogP contribution is 2.30. The number of benzene rings is 3. The number of fused-ring (bicyclic) bond motifs is 1. The molecule has 30 heavy (non-hydrogen) atoms. The predicted molar refractivity (Wildman–Crippen MR) is 121 cm³/mol. The standard InChI is InChI=1S/C24H20ClN3O2/c1-14-7-12-18(13-15(14)2)27-23(29)21-19-5-3-4-6-20(19)28(22(21)26)24(30)16-8-10-17(25)11-9-16/h3-13H,26H2,1-2H3,(H,27,29). The smallest absolute Gasteiger partial charge is 0.263 e. The third-order valence-electron chi connectivity index (χ3n) is 5.20. The molecule has 0 atom stereocenters. The molecule has 0 radical (unpaired) electrons. The SMILES string of the molecule is Cc1ccc(NC(=O)c2c(N)n(C(=O)c3ccc(Cl)cc3)c3ccccc23)cc1C. The summed E-state index contributed by atoms with van der Waals surface area (Å²) in [6.45, 7) is 3.99. The van der Waals surface area contributed by atoms with E-state index >= 15 is 0 Å². The Morgan fingerprint density at radius 3 is 2.33 bits per heavy atom. The number of para-hydroxylation sites is 1. The van der Waals surface area contributed by atoms with Crippen LogP contribution >= 0.6 is 11.6 Å². The van der Waals surface area contributed by atoms with Gasteiger partial charge in [-0.15, -0.1) is 0 Å². The van der Waals surface area contributed by atoms with Crippen LogP contribution in [0.2, 0.25) is 5.02 Å². The minimum atomic E-state index is -0.366. The molecule has 4 rings (SSSR count). The fraction of sp³-hybridized carbons (Fsp3) is 0.0833. The van der Waals surface area contributed by atoms with Crippen molar-refractivity contribution in [3.05, 3.63) is 94.0 Å². The van der Waals surface area contributed by atoms with E-state index in [9.17, 15) is 9.59 Å². The molecule has 6 heteroatoms. The minimum absolute atomic E-state index is 0.0949. The number of carbonyl (C=O) groups excluding carboxylic acids is 2. The molecule has 0 aliphatic carbocycles. The van der Waals surface area contributed by atoms with Gasteiger partial charge in [0, 0.05) is 21.7 Å². The molecule has 150 valence electrons. The lowest BCUT2D eigenvalue weighted by Crippen LogP contribution is -2.18. The lowest BCUT2D eigenvalue weighted by molar-refractivity contribution is 0.0967. The number of halogens is 1. The van der Waals surface area contributed by atoms with Gasteiger partial charge >= 0.3 is 0 Å². The molecule has 5 nitrogen and oxygen atoms in total. The highest BCUT2D eigenvalue weighted by molar-refractivity contribution is 6.30. The maximum absolute atomic E-state index is 13.2. The van der Waals surface area contributed by atoms with E-state index in [0.717, 1.165) is 11.1 Å². The van der Waals surface area contributed by atoms with E-state index in [2.05, 4.69) is 5.32 Å². The van der Waals surface area contributed by atoms with Crippen LogP contribution in [0.25, 0.3) is 10.9 Å². The number of nitrogens with two attached hydrogens (primary N) is 1. The number of aromatic nitrogens is 1. The summed E-state index contributed by atoms with van der Waals surface area (Å²) in [6, 6.07) is 19.4. The summed E-state index contributed by atoms with van der Waals surface area (Å²) in [5.41, 5.74) is 10.5. The van der Waals surface area contributed by atoms with Crippen LogP contribution in [0, 0.1) is 13.8 Å².